The number of aliphatic hydroxyl groups is 2. The van der Waals surface area contributed by atoms with E-state index in [0.717, 1.165) is 10.9 Å². The van der Waals surface area contributed by atoms with E-state index in [2.05, 4.69) is 10.3 Å². The number of nitrogens with one attached hydrogen (secondary N) is 1. The summed E-state index contributed by atoms with van der Waals surface area (Å²) in [5.41, 5.74) is 2.06. The molecule has 0 bridgehead atoms. The van der Waals surface area contributed by atoms with Crippen LogP contribution in [0.4, 0.5) is 4.79 Å². The van der Waals surface area contributed by atoms with Crippen LogP contribution in [0.15, 0.2) is 60.7 Å². The molecule has 1 amide bonds. The van der Waals surface area contributed by atoms with Gasteiger partial charge < -0.3 is 20.3 Å². The number of halogens is 1. The number of alkyl carbamates (subject to hydrolysis) is 1. The molecule has 2 aromatic carbocycles. The summed E-state index contributed by atoms with van der Waals surface area (Å²) in [6, 6.07) is 17.8. The van der Waals surface area contributed by atoms with Crippen LogP contribution in [0.5, 0.6) is 0 Å². The lowest BCUT2D eigenvalue weighted by Gasteiger charge is -2.19. The Labute approximate surface area is 161 Å². The van der Waals surface area contributed by atoms with Crippen LogP contribution in [0.2, 0.25) is 5.15 Å². The van der Waals surface area contributed by atoms with Crippen molar-refractivity contribution >= 4 is 28.6 Å². The largest absolute Gasteiger partial charge is 0.445 e. The molecule has 0 fully saturated rings. The Morgan fingerprint density at radius 2 is 1.89 bits per heavy atom. The van der Waals surface area contributed by atoms with E-state index in [0.29, 0.717) is 16.2 Å². The summed E-state index contributed by atoms with van der Waals surface area (Å²) in [6.45, 7) is -0.0166. The minimum Gasteiger partial charge on any atom is -0.445 e. The maximum atomic E-state index is 11.7. The normalized spacial score (nSPS) is 13.1. The van der Waals surface area contributed by atoms with Crippen molar-refractivity contribution in [2.45, 2.75) is 18.8 Å². The summed E-state index contributed by atoms with van der Waals surface area (Å²) >= 11 is 5.85. The van der Waals surface area contributed by atoms with Crippen molar-refractivity contribution in [1.29, 1.82) is 0 Å². The predicted molar refractivity (Wildman–Crippen MR) is 102 cm³/mol. The number of carbonyl (C=O) groups excluding carboxylic acids is 1. The fourth-order valence-corrected chi connectivity index (χ4v) is 2.75. The number of hydrogen-bond acceptors (Lipinski definition) is 5. The number of aromatic nitrogens is 1. The summed E-state index contributed by atoms with van der Waals surface area (Å²) in [5.74, 6) is 0. The van der Waals surface area contributed by atoms with Gasteiger partial charge in [-0.3, -0.25) is 0 Å². The standard InChI is InChI=1S/C20H19ClN2O4/c21-18-9-7-14-10-15(6-8-16(14)23-18)19(25)17(24)11-22-20(26)27-12-13-4-2-1-3-5-13/h1-10,17,19,24-25H,11-12H2,(H,22,26). The average Bonchev–Trinajstić information content (AvgIpc) is 2.70. The molecular weight excluding hydrogens is 368 g/mol. The van der Waals surface area contributed by atoms with E-state index >= 15 is 0 Å². The summed E-state index contributed by atoms with van der Waals surface area (Å²) < 4.78 is 5.07. The van der Waals surface area contributed by atoms with Crippen LogP contribution in [0.3, 0.4) is 0 Å². The molecule has 3 N–H and O–H groups in total. The number of amides is 1. The molecule has 140 valence electrons. The molecule has 0 saturated carbocycles. The van der Waals surface area contributed by atoms with Gasteiger partial charge in [0.05, 0.1) is 5.52 Å². The first-order valence-corrected chi connectivity index (χ1v) is 8.77. The van der Waals surface area contributed by atoms with E-state index in [-0.39, 0.29) is 13.2 Å². The number of rotatable bonds is 6. The molecular formula is C20H19ClN2O4. The Balaban J connectivity index is 1.53. The zero-order valence-corrected chi connectivity index (χ0v) is 15.1. The number of hydrogen-bond donors (Lipinski definition) is 3. The second-order valence-electron chi connectivity index (χ2n) is 6.04. The first kappa shape index (κ1) is 19.1. The van der Waals surface area contributed by atoms with Gasteiger partial charge in [-0.2, -0.15) is 0 Å². The zero-order valence-electron chi connectivity index (χ0n) is 14.4. The second-order valence-corrected chi connectivity index (χ2v) is 6.43. The number of pyridine rings is 1. The molecule has 0 radical (unpaired) electrons. The Bertz CT molecular complexity index is 920. The molecule has 3 aromatic rings. The first-order valence-electron chi connectivity index (χ1n) is 8.40. The van der Waals surface area contributed by atoms with E-state index in [1.807, 2.05) is 30.3 Å². The van der Waals surface area contributed by atoms with Gasteiger partial charge in [-0.25, -0.2) is 9.78 Å². The number of aliphatic hydroxyl groups excluding tert-OH is 2. The molecule has 1 heterocycles. The summed E-state index contributed by atoms with van der Waals surface area (Å²) in [4.78, 5) is 15.9. The second kappa shape index (κ2) is 8.81. The molecule has 2 unspecified atom stereocenters. The van der Waals surface area contributed by atoms with Gasteiger partial charge in [0.15, 0.2) is 0 Å². The Morgan fingerprint density at radius 3 is 2.67 bits per heavy atom. The third kappa shape index (κ3) is 5.17. The molecule has 2 atom stereocenters. The predicted octanol–water partition coefficient (Wildman–Crippen LogP) is 3.21. The van der Waals surface area contributed by atoms with E-state index < -0.39 is 18.3 Å². The van der Waals surface area contributed by atoms with Gasteiger partial charge in [-0.1, -0.05) is 48.0 Å². The van der Waals surface area contributed by atoms with Gasteiger partial charge in [0.25, 0.3) is 0 Å². The summed E-state index contributed by atoms with van der Waals surface area (Å²) in [5, 5.41) is 24.1. The quantitative estimate of drug-likeness (QED) is 0.566. The lowest BCUT2D eigenvalue weighted by molar-refractivity contribution is 0.0185. The molecule has 0 aliphatic rings. The SMILES string of the molecule is O=C(NCC(O)C(O)c1ccc2nc(Cl)ccc2c1)OCc1ccccc1. The van der Waals surface area contributed by atoms with Gasteiger partial charge >= 0.3 is 6.09 Å². The van der Waals surface area contributed by atoms with Crippen LogP contribution >= 0.6 is 11.6 Å². The maximum absolute atomic E-state index is 11.7. The van der Waals surface area contributed by atoms with Crippen molar-refractivity contribution in [3.05, 3.63) is 76.9 Å². The van der Waals surface area contributed by atoms with Crippen LogP contribution in [0.25, 0.3) is 10.9 Å². The Hall–Kier alpha value is -2.67. The van der Waals surface area contributed by atoms with Gasteiger partial charge in [0, 0.05) is 11.9 Å². The topological polar surface area (TPSA) is 91.7 Å². The van der Waals surface area contributed by atoms with Crippen molar-refractivity contribution < 1.29 is 19.7 Å². The Kier molecular flexibility index (Phi) is 6.24. The first-order chi connectivity index (χ1) is 13.0. The summed E-state index contributed by atoms with van der Waals surface area (Å²) in [6.07, 6.45) is -3.02. The van der Waals surface area contributed by atoms with E-state index in [1.54, 1.807) is 30.3 Å². The van der Waals surface area contributed by atoms with Crippen molar-refractivity contribution in [2.24, 2.45) is 0 Å². The number of nitrogens with zero attached hydrogens (tertiary/aromatic N) is 1. The van der Waals surface area contributed by atoms with Gasteiger partial charge in [-0.15, -0.1) is 0 Å². The molecule has 27 heavy (non-hydrogen) atoms. The number of carbonyl (C=O) groups is 1. The molecule has 0 spiro atoms. The van der Waals surface area contributed by atoms with E-state index in [4.69, 9.17) is 16.3 Å². The van der Waals surface area contributed by atoms with E-state index in [1.165, 1.54) is 0 Å². The monoisotopic (exact) mass is 386 g/mol. The van der Waals surface area contributed by atoms with Crippen LogP contribution in [-0.2, 0) is 11.3 Å². The highest BCUT2D eigenvalue weighted by molar-refractivity contribution is 6.29. The molecule has 1 aromatic heterocycles. The van der Waals surface area contributed by atoms with Crippen LogP contribution in [0.1, 0.15) is 17.2 Å². The number of ether oxygens (including phenoxy) is 1. The van der Waals surface area contributed by atoms with Gasteiger partial charge in [0.1, 0.15) is 24.0 Å². The Morgan fingerprint density at radius 1 is 1.11 bits per heavy atom. The molecule has 0 saturated heterocycles. The minimum absolute atomic E-state index is 0.131. The van der Waals surface area contributed by atoms with E-state index in [9.17, 15) is 15.0 Å². The molecule has 3 rings (SSSR count). The summed E-state index contributed by atoms with van der Waals surface area (Å²) in [7, 11) is 0. The van der Waals surface area contributed by atoms with Crippen molar-refractivity contribution in [3.8, 4) is 0 Å². The maximum Gasteiger partial charge on any atom is 0.407 e. The fourth-order valence-electron chi connectivity index (χ4n) is 2.60. The van der Waals surface area contributed by atoms with Crippen LogP contribution in [-0.4, -0.2) is 33.9 Å². The van der Waals surface area contributed by atoms with Crippen molar-refractivity contribution in [1.82, 2.24) is 10.3 Å². The highest BCUT2D eigenvalue weighted by Gasteiger charge is 2.20. The lowest BCUT2D eigenvalue weighted by atomic mass is 10.0. The van der Waals surface area contributed by atoms with Crippen molar-refractivity contribution in [3.63, 3.8) is 0 Å². The smallest absolute Gasteiger partial charge is 0.407 e. The third-order valence-corrected chi connectivity index (χ3v) is 4.26. The zero-order chi connectivity index (χ0) is 19.2. The fraction of sp³-hybridized carbons (Fsp3) is 0.200. The van der Waals surface area contributed by atoms with Crippen LogP contribution < -0.4 is 5.32 Å². The van der Waals surface area contributed by atoms with Gasteiger partial charge in [0.2, 0.25) is 0 Å². The highest BCUT2D eigenvalue weighted by atomic mass is 35.5. The molecule has 6 nitrogen and oxygen atoms in total. The van der Waals surface area contributed by atoms with Crippen LogP contribution in [0, 0.1) is 0 Å². The molecule has 0 aliphatic carbocycles. The number of benzene rings is 2. The third-order valence-electron chi connectivity index (χ3n) is 4.05. The van der Waals surface area contributed by atoms with Crippen molar-refractivity contribution in [2.75, 3.05) is 6.54 Å². The molecule has 7 heteroatoms. The number of fused-ring (bicyclic) bond motifs is 1. The minimum atomic E-state index is -1.19. The average molecular weight is 387 g/mol. The van der Waals surface area contributed by atoms with Gasteiger partial charge in [-0.05, 0) is 35.4 Å². The lowest BCUT2D eigenvalue weighted by Crippen LogP contribution is -2.35. The molecule has 0 aliphatic heterocycles. The highest BCUT2D eigenvalue weighted by Crippen LogP contribution is 2.23.